The average molecular weight is 461 g/mol. The minimum Gasteiger partial charge on any atom is -0.494 e. The number of aliphatic imine (C=N–C) groups is 1. The van der Waals surface area contributed by atoms with Crippen LogP contribution in [0.2, 0.25) is 5.02 Å². The standard InChI is InChI=1S/C27H29ClN4O/c1-31(2)15-16-32(3)18-19-9-12-22(13-10-19)29-26(20-7-5-4-6-8-20)25-23-14-11-21(28)17-24(23)30-27(25)33/h4-14,17,30,33H,15-16,18H2,1-3H3. The minimum absolute atomic E-state index is 0.0778. The number of rotatable bonds is 8. The van der Waals surface area contributed by atoms with Gasteiger partial charge in [0.05, 0.1) is 22.5 Å². The average Bonchev–Trinajstić information content (AvgIpc) is 3.12. The Bertz CT molecular complexity index is 1250. The van der Waals surface area contributed by atoms with E-state index in [4.69, 9.17) is 16.6 Å². The number of benzene rings is 3. The van der Waals surface area contributed by atoms with E-state index in [9.17, 15) is 5.11 Å². The number of likely N-dealkylation sites (N-methyl/N-ethyl adjacent to an activating group) is 2. The van der Waals surface area contributed by atoms with Gasteiger partial charge in [-0.3, -0.25) is 0 Å². The van der Waals surface area contributed by atoms with Crippen molar-refractivity contribution in [1.29, 1.82) is 0 Å². The quantitative estimate of drug-likeness (QED) is 0.332. The summed E-state index contributed by atoms with van der Waals surface area (Å²) < 4.78 is 0. The van der Waals surface area contributed by atoms with E-state index < -0.39 is 0 Å². The second-order valence-electron chi connectivity index (χ2n) is 8.57. The van der Waals surface area contributed by atoms with Crippen molar-refractivity contribution < 1.29 is 5.11 Å². The third-order valence-corrected chi connectivity index (χ3v) is 5.82. The van der Waals surface area contributed by atoms with Crippen molar-refractivity contribution in [2.75, 3.05) is 34.2 Å². The number of aromatic hydroxyl groups is 1. The topological polar surface area (TPSA) is 54.9 Å². The van der Waals surface area contributed by atoms with Crippen LogP contribution in [0, 0.1) is 0 Å². The number of nitrogens with one attached hydrogen (secondary N) is 1. The normalized spacial score (nSPS) is 12.2. The van der Waals surface area contributed by atoms with Crippen LogP contribution in [0.1, 0.15) is 16.7 Å². The number of aromatic nitrogens is 1. The maximum Gasteiger partial charge on any atom is 0.199 e. The Labute approximate surface area is 200 Å². The van der Waals surface area contributed by atoms with Gasteiger partial charge < -0.3 is 19.9 Å². The van der Waals surface area contributed by atoms with Crippen molar-refractivity contribution in [1.82, 2.24) is 14.8 Å². The minimum atomic E-state index is 0.0778. The highest BCUT2D eigenvalue weighted by Crippen LogP contribution is 2.32. The highest BCUT2D eigenvalue weighted by Gasteiger charge is 2.18. The van der Waals surface area contributed by atoms with Gasteiger partial charge >= 0.3 is 0 Å². The van der Waals surface area contributed by atoms with Gasteiger partial charge in [0.1, 0.15) is 0 Å². The number of halogens is 1. The third kappa shape index (κ3) is 5.63. The molecule has 1 heterocycles. The molecule has 0 spiro atoms. The Morgan fingerprint density at radius 3 is 2.36 bits per heavy atom. The smallest absolute Gasteiger partial charge is 0.199 e. The third-order valence-electron chi connectivity index (χ3n) is 5.58. The summed E-state index contributed by atoms with van der Waals surface area (Å²) in [7, 11) is 6.31. The van der Waals surface area contributed by atoms with Crippen LogP contribution in [0.5, 0.6) is 5.88 Å². The molecule has 0 bridgehead atoms. The molecule has 170 valence electrons. The zero-order chi connectivity index (χ0) is 23.4. The predicted molar refractivity (Wildman–Crippen MR) is 138 cm³/mol. The molecule has 1 aromatic heterocycles. The summed E-state index contributed by atoms with van der Waals surface area (Å²) >= 11 is 6.15. The molecule has 6 heteroatoms. The summed E-state index contributed by atoms with van der Waals surface area (Å²) in [5, 5.41) is 12.3. The molecule has 0 atom stereocenters. The maximum atomic E-state index is 10.8. The van der Waals surface area contributed by atoms with Gasteiger partial charge in [0.25, 0.3) is 0 Å². The molecule has 0 saturated heterocycles. The number of fused-ring (bicyclic) bond motifs is 1. The summed E-state index contributed by atoms with van der Waals surface area (Å²) in [6.45, 7) is 2.92. The molecule has 4 aromatic rings. The van der Waals surface area contributed by atoms with Crippen molar-refractivity contribution in [2.24, 2.45) is 4.99 Å². The summed E-state index contributed by atoms with van der Waals surface area (Å²) in [6, 6.07) is 23.7. The van der Waals surface area contributed by atoms with E-state index in [1.54, 1.807) is 0 Å². The first-order valence-electron chi connectivity index (χ1n) is 11.0. The van der Waals surface area contributed by atoms with Gasteiger partial charge in [0.2, 0.25) is 0 Å². The molecule has 3 aromatic carbocycles. The Kier molecular flexibility index (Phi) is 7.14. The number of nitrogens with zero attached hydrogens (tertiary/aromatic N) is 3. The lowest BCUT2D eigenvalue weighted by Crippen LogP contribution is -2.28. The van der Waals surface area contributed by atoms with E-state index in [1.807, 2.05) is 60.7 Å². The van der Waals surface area contributed by atoms with E-state index in [0.29, 0.717) is 16.3 Å². The molecule has 0 aliphatic carbocycles. The Balaban J connectivity index is 1.68. The highest BCUT2D eigenvalue weighted by molar-refractivity contribution is 6.31. The molecular formula is C27H29ClN4O. The largest absolute Gasteiger partial charge is 0.494 e. The highest BCUT2D eigenvalue weighted by atomic mass is 35.5. The Morgan fingerprint density at radius 2 is 1.67 bits per heavy atom. The molecule has 0 radical (unpaired) electrons. The fourth-order valence-electron chi connectivity index (χ4n) is 3.82. The zero-order valence-corrected chi connectivity index (χ0v) is 20.0. The first kappa shape index (κ1) is 23.1. The van der Waals surface area contributed by atoms with Gasteiger partial charge in [0.15, 0.2) is 5.88 Å². The SMILES string of the molecule is CN(C)CCN(C)Cc1ccc(N=C(c2ccccc2)c2c(O)[nH]c3cc(Cl)ccc23)cc1. The summed E-state index contributed by atoms with van der Waals surface area (Å²) in [6.07, 6.45) is 0. The van der Waals surface area contributed by atoms with E-state index in [-0.39, 0.29) is 5.88 Å². The van der Waals surface area contributed by atoms with Gasteiger partial charge in [0, 0.05) is 35.6 Å². The number of H-pyrrole nitrogens is 1. The molecule has 33 heavy (non-hydrogen) atoms. The molecule has 5 nitrogen and oxygen atoms in total. The summed E-state index contributed by atoms with van der Waals surface area (Å²) in [5.41, 5.74) is 5.14. The van der Waals surface area contributed by atoms with Gasteiger partial charge in [-0.25, -0.2) is 4.99 Å². The molecule has 0 aliphatic heterocycles. The monoisotopic (exact) mass is 460 g/mol. The summed E-state index contributed by atoms with van der Waals surface area (Å²) in [5.74, 6) is 0.0778. The van der Waals surface area contributed by atoms with Crippen LogP contribution in [-0.4, -0.2) is 59.8 Å². The lowest BCUT2D eigenvalue weighted by atomic mass is 10.0. The fourth-order valence-corrected chi connectivity index (χ4v) is 3.99. The molecule has 0 amide bonds. The van der Waals surface area contributed by atoms with Gasteiger partial charge in [-0.05, 0) is 51.0 Å². The van der Waals surface area contributed by atoms with Crippen molar-refractivity contribution in [3.63, 3.8) is 0 Å². The van der Waals surface area contributed by atoms with Crippen molar-refractivity contribution in [3.05, 3.63) is 94.5 Å². The molecule has 0 saturated carbocycles. The lowest BCUT2D eigenvalue weighted by molar-refractivity contribution is 0.276. The van der Waals surface area contributed by atoms with Gasteiger partial charge in [-0.2, -0.15) is 0 Å². The van der Waals surface area contributed by atoms with E-state index in [0.717, 1.165) is 41.8 Å². The van der Waals surface area contributed by atoms with E-state index >= 15 is 0 Å². The fraction of sp³-hybridized carbons (Fsp3) is 0.222. The Hall–Kier alpha value is -3.12. The van der Waals surface area contributed by atoms with Gasteiger partial charge in [-0.15, -0.1) is 0 Å². The number of hydrogen-bond acceptors (Lipinski definition) is 4. The first-order valence-corrected chi connectivity index (χ1v) is 11.4. The van der Waals surface area contributed by atoms with Crippen molar-refractivity contribution in [3.8, 4) is 5.88 Å². The molecular weight excluding hydrogens is 432 g/mol. The first-order chi connectivity index (χ1) is 15.9. The lowest BCUT2D eigenvalue weighted by Gasteiger charge is -2.19. The van der Waals surface area contributed by atoms with Crippen LogP contribution < -0.4 is 0 Å². The van der Waals surface area contributed by atoms with E-state index in [1.165, 1.54) is 5.56 Å². The van der Waals surface area contributed by atoms with Crippen LogP contribution in [0.15, 0.2) is 77.8 Å². The predicted octanol–water partition coefficient (Wildman–Crippen LogP) is 5.69. The molecule has 4 rings (SSSR count). The van der Waals surface area contributed by atoms with Crippen molar-refractivity contribution >= 4 is 33.9 Å². The van der Waals surface area contributed by atoms with Crippen LogP contribution in [0.3, 0.4) is 0 Å². The second kappa shape index (κ2) is 10.2. The number of aromatic amines is 1. The van der Waals surface area contributed by atoms with Crippen LogP contribution in [-0.2, 0) is 6.54 Å². The Morgan fingerprint density at radius 1 is 0.939 bits per heavy atom. The molecule has 0 aliphatic rings. The van der Waals surface area contributed by atoms with Crippen LogP contribution in [0.4, 0.5) is 5.69 Å². The van der Waals surface area contributed by atoms with E-state index in [2.05, 4.69) is 48.1 Å². The number of hydrogen-bond donors (Lipinski definition) is 2. The van der Waals surface area contributed by atoms with Gasteiger partial charge in [-0.1, -0.05) is 60.1 Å². The van der Waals surface area contributed by atoms with Crippen molar-refractivity contribution in [2.45, 2.75) is 6.54 Å². The van der Waals surface area contributed by atoms with Crippen LogP contribution >= 0.6 is 11.6 Å². The second-order valence-corrected chi connectivity index (χ2v) is 9.01. The molecule has 0 unspecified atom stereocenters. The molecule has 2 N–H and O–H groups in total. The maximum absolute atomic E-state index is 10.8. The summed E-state index contributed by atoms with van der Waals surface area (Å²) in [4.78, 5) is 12.5. The molecule has 0 fully saturated rings. The van der Waals surface area contributed by atoms with Crippen LogP contribution in [0.25, 0.3) is 10.9 Å². The zero-order valence-electron chi connectivity index (χ0n) is 19.2.